The minimum Gasteiger partial charge on any atom is -0.496 e. The molecule has 40 heavy (non-hydrogen) atoms. The summed E-state index contributed by atoms with van der Waals surface area (Å²) < 4.78 is 34.9. The molecular formula is C33H24F2N2O3. The van der Waals surface area contributed by atoms with Gasteiger partial charge in [-0.05, 0) is 65.7 Å². The molecule has 5 rings (SSSR count). The average molecular weight is 535 g/mol. The molecule has 0 bridgehead atoms. The van der Waals surface area contributed by atoms with Crippen LogP contribution in [0.2, 0.25) is 0 Å². The number of hydrogen-bond acceptors (Lipinski definition) is 3. The van der Waals surface area contributed by atoms with Crippen LogP contribution in [-0.2, 0) is 0 Å². The molecule has 2 amide bonds. The Morgan fingerprint density at radius 1 is 0.600 bits per heavy atom. The number of carbonyl (C=O) groups excluding carboxylic acids is 2. The number of nitrogens with one attached hydrogen (secondary N) is 2. The Morgan fingerprint density at radius 3 is 1.57 bits per heavy atom. The molecule has 2 N–H and O–H groups in total. The highest BCUT2D eigenvalue weighted by Gasteiger charge is 2.18. The zero-order valence-corrected chi connectivity index (χ0v) is 21.5. The number of ether oxygens (including phenoxy) is 1. The quantitative estimate of drug-likeness (QED) is 0.224. The lowest BCUT2D eigenvalue weighted by atomic mass is 10.0. The van der Waals surface area contributed by atoms with Crippen molar-refractivity contribution in [3.8, 4) is 28.0 Å². The molecule has 5 aromatic carbocycles. The number of carbonyl (C=O) groups is 2. The Balaban J connectivity index is 1.33. The van der Waals surface area contributed by atoms with E-state index in [0.29, 0.717) is 16.7 Å². The molecular weight excluding hydrogens is 510 g/mol. The second-order valence-corrected chi connectivity index (χ2v) is 8.94. The lowest BCUT2D eigenvalue weighted by molar-refractivity contribution is 0.102. The van der Waals surface area contributed by atoms with Gasteiger partial charge in [0.25, 0.3) is 11.8 Å². The maximum Gasteiger partial charge on any atom is 0.259 e. The summed E-state index contributed by atoms with van der Waals surface area (Å²) in [4.78, 5) is 26.1. The summed E-state index contributed by atoms with van der Waals surface area (Å²) >= 11 is 0. The van der Waals surface area contributed by atoms with Gasteiger partial charge in [0.15, 0.2) is 0 Å². The first-order chi connectivity index (χ1) is 19.4. The van der Waals surface area contributed by atoms with Crippen molar-refractivity contribution < 1.29 is 23.1 Å². The van der Waals surface area contributed by atoms with Gasteiger partial charge >= 0.3 is 0 Å². The summed E-state index contributed by atoms with van der Waals surface area (Å²) in [6.07, 6.45) is 0. The van der Waals surface area contributed by atoms with E-state index in [1.54, 1.807) is 48.5 Å². The van der Waals surface area contributed by atoms with E-state index in [1.165, 1.54) is 37.4 Å². The normalized spacial score (nSPS) is 10.6. The summed E-state index contributed by atoms with van der Waals surface area (Å²) in [5.74, 6) is -1.87. The summed E-state index contributed by atoms with van der Waals surface area (Å²) in [5.41, 5.74) is 2.99. The van der Waals surface area contributed by atoms with E-state index in [9.17, 15) is 18.4 Å². The van der Waals surface area contributed by atoms with E-state index >= 15 is 0 Å². The second-order valence-electron chi connectivity index (χ2n) is 8.94. The highest BCUT2D eigenvalue weighted by Crippen LogP contribution is 2.28. The van der Waals surface area contributed by atoms with Crippen LogP contribution in [0.5, 0.6) is 5.75 Å². The zero-order chi connectivity index (χ0) is 28.1. The van der Waals surface area contributed by atoms with Crippen molar-refractivity contribution in [2.45, 2.75) is 0 Å². The molecule has 0 aromatic heterocycles. The number of anilines is 2. The zero-order valence-electron chi connectivity index (χ0n) is 21.5. The number of methoxy groups -OCH3 is 1. The maximum atomic E-state index is 14.8. The fourth-order valence-electron chi connectivity index (χ4n) is 4.32. The van der Waals surface area contributed by atoms with Gasteiger partial charge in [0.05, 0.1) is 12.7 Å². The SMILES string of the molecule is COc1ccc(C(=O)Nc2ccc(-c3ccccc3)c(F)c2)cc1C(=O)Nc1ccc(-c2ccccc2)c(F)c1. The molecule has 0 saturated heterocycles. The maximum absolute atomic E-state index is 14.8. The highest BCUT2D eigenvalue weighted by molar-refractivity contribution is 6.10. The van der Waals surface area contributed by atoms with E-state index in [-0.39, 0.29) is 28.3 Å². The van der Waals surface area contributed by atoms with Crippen molar-refractivity contribution in [1.29, 1.82) is 0 Å². The Hall–Kier alpha value is -5.30. The van der Waals surface area contributed by atoms with Crippen LogP contribution < -0.4 is 15.4 Å². The van der Waals surface area contributed by atoms with Crippen molar-refractivity contribution in [3.63, 3.8) is 0 Å². The first kappa shape index (κ1) is 26.3. The Kier molecular flexibility index (Phi) is 7.64. The topological polar surface area (TPSA) is 67.4 Å². The molecule has 0 aliphatic heterocycles. The highest BCUT2D eigenvalue weighted by atomic mass is 19.1. The molecule has 5 nitrogen and oxygen atoms in total. The van der Waals surface area contributed by atoms with E-state index in [2.05, 4.69) is 10.6 Å². The van der Waals surface area contributed by atoms with Gasteiger partial charge in [0.2, 0.25) is 0 Å². The first-order valence-electron chi connectivity index (χ1n) is 12.4. The van der Waals surface area contributed by atoms with Gasteiger partial charge < -0.3 is 15.4 Å². The third-order valence-corrected chi connectivity index (χ3v) is 6.33. The van der Waals surface area contributed by atoms with E-state index in [4.69, 9.17) is 4.74 Å². The molecule has 0 aliphatic carbocycles. The van der Waals surface area contributed by atoms with Crippen molar-refractivity contribution in [2.75, 3.05) is 17.7 Å². The summed E-state index contributed by atoms with van der Waals surface area (Å²) in [6, 6.07) is 31.4. The number of amides is 2. The third-order valence-electron chi connectivity index (χ3n) is 6.33. The molecule has 0 heterocycles. The smallest absolute Gasteiger partial charge is 0.259 e. The molecule has 0 saturated carbocycles. The van der Waals surface area contributed by atoms with Gasteiger partial charge in [-0.25, -0.2) is 8.78 Å². The molecule has 0 unspecified atom stereocenters. The summed E-state index contributed by atoms with van der Waals surface area (Å²) in [6.45, 7) is 0. The van der Waals surface area contributed by atoms with Crippen LogP contribution in [-0.4, -0.2) is 18.9 Å². The van der Waals surface area contributed by atoms with Crippen LogP contribution in [0, 0.1) is 11.6 Å². The van der Waals surface area contributed by atoms with Crippen molar-refractivity contribution in [3.05, 3.63) is 138 Å². The predicted octanol–water partition coefficient (Wildman–Crippen LogP) is 7.81. The van der Waals surface area contributed by atoms with Crippen LogP contribution in [0.3, 0.4) is 0 Å². The number of hydrogen-bond donors (Lipinski definition) is 2. The van der Waals surface area contributed by atoms with Gasteiger partial charge in [-0.15, -0.1) is 0 Å². The van der Waals surface area contributed by atoms with E-state index in [1.807, 2.05) is 36.4 Å². The molecule has 198 valence electrons. The minimum atomic E-state index is -0.586. The van der Waals surface area contributed by atoms with Gasteiger partial charge in [-0.1, -0.05) is 60.7 Å². The largest absolute Gasteiger partial charge is 0.496 e. The lowest BCUT2D eigenvalue weighted by Gasteiger charge is -2.13. The fourth-order valence-corrected chi connectivity index (χ4v) is 4.32. The number of halogens is 2. The van der Waals surface area contributed by atoms with Gasteiger partial charge in [0.1, 0.15) is 17.4 Å². The van der Waals surface area contributed by atoms with Crippen LogP contribution >= 0.6 is 0 Å². The number of rotatable bonds is 7. The Morgan fingerprint density at radius 2 is 1.10 bits per heavy atom. The van der Waals surface area contributed by atoms with Crippen LogP contribution in [0.15, 0.2) is 115 Å². The lowest BCUT2D eigenvalue weighted by Crippen LogP contribution is -2.17. The molecule has 0 radical (unpaired) electrons. The monoisotopic (exact) mass is 534 g/mol. The van der Waals surface area contributed by atoms with Crippen LogP contribution in [0.25, 0.3) is 22.3 Å². The molecule has 0 aliphatic rings. The number of benzene rings is 5. The predicted molar refractivity (Wildman–Crippen MR) is 153 cm³/mol. The summed E-state index contributed by atoms with van der Waals surface area (Å²) in [7, 11) is 1.40. The first-order valence-corrected chi connectivity index (χ1v) is 12.4. The van der Waals surface area contributed by atoms with Gasteiger partial charge in [-0.3, -0.25) is 9.59 Å². The van der Waals surface area contributed by atoms with E-state index < -0.39 is 23.4 Å². The Labute approximate surface area is 230 Å². The van der Waals surface area contributed by atoms with Gasteiger partial charge in [-0.2, -0.15) is 0 Å². The van der Waals surface area contributed by atoms with Gasteiger partial charge in [0, 0.05) is 28.1 Å². The van der Waals surface area contributed by atoms with Crippen LogP contribution in [0.1, 0.15) is 20.7 Å². The third kappa shape index (κ3) is 5.73. The van der Waals surface area contributed by atoms with Crippen molar-refractivity contribution in [2.24, 2.45) is 0 Å². The molecule has 7 heteroatoms. The fraction of sp³-hybridized carbons (Fsp3) is 0.0303. The van der Waals surface area contributed by atoms with Crippen LogP contribution in [0.4, 0.5) is 20.2 Å². The second kappa shape index (κ2) is 11.6. The standard InChI is InChI=1S/C33H24F2N2O3/c1-40-31-17-12-23(32(38)36-24-13-15-26(29(34)19-24)21-8-4-2-5-9-21)18-28(31)33(39)37-25-14-16-27(30(35)20-25)22-10-6-3-7-11-22/h2-20H,1H3,(H,36,38)(H,37,39). The van der Waals surface area contributed by atoms with Crippen molar-refractivity contribution in [1.82, 2.24) is 0 Å². The molecule has 0 fully saturated rings. The Bertz CT molecular complexity index is 1690. The summed E-state index contributed by atoms with van der Waals surface area (Å²) in [5, 5.41) is 5.32. The minimum absolute atomic E-state index is 0.0771. The average Bonchev–Trinajstić information content (AvgIpc) is 2.98. The molecule has 5 aromatic rings. The molecule has 0 spiro atoms. The molecule has 0 atom stereocenters. The van der Waals surface area contributed by atoms with Crippen molar-refractivity contribution >= 4 is 23.2 Å². The van der Waals surface area contributed by atoms with E-state index in [0.717, 1.165) is 5.56 Å².